The van der Waals surface area contributed by atoms with Crippen molar-refractivity contribution in [2.75, 3.05) is 26.2 Å². The van der Waals surface area contributed by atoms with Crippen LogP contribution < -0.4 is 5.32 Å². The highest BCUT2D eigenvalue weighted by Gasteiger charge is 2.46. The van der Waals surface area contributed by atoms with Gasteiger partial charge in [-0.05, 0) is 38.1 Å². The summed E-state index contributed by atoms with van der Waals surface area (Å²) in [7, 11) is 0. The zero-order valence-corrected chi connectivity index (χ0v) is 13.1. The summed E-state index contributed by atoms with van der Waals surface area (Å²) in [6.07, 6.45) is 0.593. The van der Waals surface area contributed by atoms with Gasteiger partial charge in [0.2, 0.25) is 0 Å². The van der Waals surface area contributed by atoms with Gasteiger partial charge in [0.1, 0.15) is 12.2 Å². The summed E-state index contributed by atoms with van der Waals surface area (Å²) in [5, 5.41) is 22.7. The zero-order valence-electron chi connectivity index (χ0n) is 13.1. The lowest BCUT2D eigenvalue weighted by molar-refractivity contribution is -0.0209. The molecule has 6 nitrogen and oxygen atoms in total. The Morgan fingerprint density at radius 3 is 2.57 bits per heavy atom. The van der Waals surface area contributed by atoms with Gasteiger partial charge >= 0.3 is 0 Å². The summed E-state index contributed by atoms with van der Waals surface area (Å²) in [6.45, 7) is 1.95. The van der Waals surface area contributed by atoms with Gasteiger partial charge in [-0.3, -0.25) is 9.69 Å². The molecule has 1 aromatic carbocycles. The van der Waals surface area contributed by atoms with E-state index in [4.69, 9.17) is 4.74 Å². The summed E-state index contributed by atoms with van der Waals surface area (Å²) in [6, 6.07) is 8.84. The molecule has 2 heterocycles. The van der Waals surface area contributed by atoms with Crippen molar-refractivity contribution in [2.45, 2.75) is 37.2 Å². The molecule has 0 radical (unpaired) electrons. The third-order valence-electron chi connectivity index (χ3n) is 4.70. The second-order valence-corrected chi connectivity index (χ2v) is 6.20. The van der Waals surface area contributed by atoms with Crippen molar-refractivity contribution >= 4 is 5.91 Å². The van der Waals surface area contributed by atoms with E-state index in [1.807, 2.05) is 18.2 Å². The van der Waals surface area contributed by atoms with Crippen LogP contribution in [0.2, 0.25) is 0 Å². The van der Waals surface area contributed by atoms with E-state index in [2.05, 4.69) is 10.2 Å². The minimum Gasteiger partial charge on any atom is -0.394 e. The van der Waals surface area contributed by atoms with Crippen LogP contribution in [0.3, 0.4) is 0 Å². The largest absolute Gasteiger partial charge is 0.394 e. The van der Waals surface area contributed by atoms with Crippen molar-refractivity contribution in [3.8, 4) is 0 Å². The van der Waals surface area contributed by atoms with Crippen molar-refractivity contribution in [3.05, 3.63) is 35.9 Å². The van der Waals surface area contributed by atoms with E-state index in [1.54, 1.807) is 12.1 Å². The molecule has 1 aromatic rings. The van der Waals surface area contributed by atoms with Gasteiger partial charge in [-0.15, -0.1) is 0 Å². The van der Waals surface area contributed by atoms with Gasteiger partial charge in [0.15, 0.2) is 0 Å². The Hall–Kier alpha value is -1.47. The van der Waals surface area contributed by atoms with Crippen molar-refractivity contribution in [1.82, 2.24) is 10.2 Å². The van der Waals surface area contributed by atoms with E-state index in [-0.39, 0.29) is 24.7 Å². The molecule has 2 saturated heterocycles. The number of carbonyl (C=O) groups is 1. The summed E-state index contributed by atoms with van der Waals surface area (Å²) in [5.74, 6) is -0.156. The Balaban J connectivity index is 1.63. The molecular formula is C17H24N2O4. The molecule has 126 valence electrons. The number of benzene rings is 1. The number of hydrogen-bond donors (Lipinski definition) is 3. The first-order valence-electron chi connectivity index (χ1n) is 8.22. The molecule has 0 aliphatic carbocycles. The van der Waals surface area contributed by atoms with Gasteiger partial charge in [0.05, 0.1) is 18.8 Å². The molecular weight excluding hydrogens is 296 g/mol. The van der Waals surface area contributed by atoms with Gasteiger partial charge in [-0.25, -0.2) is 0 Å². The maximum atomic E-state index is 12.2. The molecule has 0 aromatic heterocycles. The molecule has 23 heavy (non-hydrogen) atoms. The van der Waals surface area contributed by atoms with Crippen LogP contribution >= 0.6 is 0 Å². The number of rotatable bonds is 5. The average Bonchev–Trinajstić information content (AvgIpc) is 3.20. The van der Waals surface area contributed by atoms with E-state index in [0.717, 1.165) is 25.9 Å². The van der Waals surface area contributed by atoms with E-state index in [9.17, 15) is 15.0 Å². The fraction of sp³-hybridized carbons (Fsp3) is 0.588. The summed E-state index contributed by atoms with van der Waals surface area (Å²) < 4.78 is 5.78. The van der Waals surface area contributed by atoms with Crippen molar-refractivity contribution in [1.29, 1.82) is 0 Å². The average molecular weight is 320 g/mol. The quantitative estimate of drug-likeness (QED) is 0.711. The summed E-state index contributed by atoms with van der Waals surface area (Å²) in [4.78, 5) is 14.4. The van der Waals surface area contributed by atoms with Crippen LogP contribution in [0.1, 0.15) is 23.2 Å². The third kappa shape index (κ3) is 3.55. The Bertz CT molecular complexity index is 519. The Kier molecular flexibility index (Phi) is 5.27. The van der Waals surface area contributed by atoms with Crippen LogP contribution in [0.25, 0.3) is 0 Å². The zero-order chi connectivity index (χ0) is 16.2. The van der Waals surface area contributed by atoms with Gasteiger partial charge in [-0.1, -0.05) is 18.2 Å². The fourth-order valence-corrected chi connectivity index (χ4v) is 3.52. The molecule has 6 heteroatoms. The highest BCUT2D eigenvalue weighted by molar-refractivity contribution is 5.94. The van der Waals surface area contributed by atoms with Gasteiger partial charge in [-0.2, -0.15) is 0 Å². The molecule has 0 spiro atoms. The van der Waals surface area contributed by atoms with Gasteiger partial charge in [0.25, 0.3) is 5.91 Å². The van der Waals surface area contributed by atoms with Crippen LogP contribution in [0, 0.1) is 0 Å². The van der Waals surface area contributed by atoms with Crippen LogP contribution in [-0.2, 0) is 4.74 Å². The molecule has 4 atom stereocenters. The Labute approximate surface area is 136 Å². The predicted molar refractivity (Wildman–Crippen MR) is 85.1 cm³/mol. The van der Waals surface area contributed by atoms with E-state index >= 15 is 0 Å². The first-order chi connectivity index (χ1) is 11.2. The van der Waals surface area contributed by atoms with Crippen LogP contribution in [-0.4, -0.2) is 71.6 Å². The molecule has 2 aliphatic rings. The number of likely N-dealkylation sites (tertiary alicyclic amines) is 1. The lowest BCUT2D eigenvalue weighted by Crippen LogP contribution is -2.50. The molecule has 1 amide bonds. The monoisotopic (exact) mass is 320 g/mol. The SMILES string of the molecule is O=C(NC[C@@H]1O[C@@H](CO)[C@@H](O)[C@H]1N1CCCC1)c1ccccc1. The minimum atomic E-state index is -0.725. The molecule has 0 bridgehead atoms. The van der Waals surface area contributed by atoms with E-state index in [0.29, 0.717) is 12.1 Å². The number of aliphatic hydroxyl groups excluding tert-OH is 2. The second-order valence-electron chi connectivity index (χ2n) is 6.20. The minimum absolute atomic E-state index is 0.156. The highest BCUT2D eigenvalue weighted by Crippen LogP contribution is 2.28. The number of nitrogens with one attached hydrogen (secondary N) is 1. The number of ether oxygens (including phenoxy) is 1. The summed E-state index contributed by atoms with van der Waals surface area (Å²) in [5.41, 5.74) is 0.600. The first-order valence-corrected chi connectivity index (χ1v) is 8.22. The first kappa shape index (κ1) is 16.4. The second kappa shape index (κ2) is 7.40. The lowest BCUT2D eigenvalue weighted by atomic mass is 10.0. The maximum Gasteiger partial charge on any atom is 0.251 e. The third-order valence-corrected chi connectivity index (χ3v) is 4.70. The molecule has 2 aliphatic heterocycles. The standard InChI is InChI=1S/C17H24N2O4/c20-11-14-16(21)15(19-8-4-5-9-19)13(23-14)10-18-17(22)12-6-2-1-3-7-12/h1-3,6-7,13-16,20-21H,4-5,8-11H2,(H,18,22)/t13-,14-,15-,16+/m0/s1. The number of nitrogens with zero attached hydrogens (tertiary/aromatic N) is 1. The normalized spacial score (nSPS) is 31.4. The summed E-state index contributed by atoms with van der Waals surface area (Å²) >= 11 is 0. The fourth-order valence-electron chi connectivity index (χ4n) is 3.52. The Morgan fingerprint density at radius 2 is 1.91 bits per heavy atom. The molecule has 0 unspecified atom stereocenters. The Morgan fingerprint density at radius 1 is 1.22 bits per heavy atom. The predicted octanol–water partition coefficient (Wildman–Crippen LogP) is 0.00140. The van der Waals surface area contributed by atoms with Gasteiger partial charge in [0, 0.05) is 12.1 Å². The van der Waals surface area contributed by atoms with Crippen molar-refractivity contribution in [3.63, 3.8) is 0 Å². The molecule has 0 saturated carbocycles. The molecule has 3 rings (SSSR count). The number of amides is 1. The lowest BCUT2D eigenvalue weighted by Gasteiger charge is -2.30. The van der Waals surface area contributed by atoms with Crippen LogP contribution in [0.4, 0.5) is 0 Å². The smallest absolute Gasteiger partial charge is 0.251 e. The maximum absolute atomic E-state index is 12.2. The van der Waals surface area contributed by atoms with Crippen molar-refractivity contribution < 1.29 is 19.7 Å². The topological polar surface area (TPSA) is 82.0 Å². The number of hydrogen-bond acceptors (Lipinski definition) is 5. The van der Waals surface area contributed by atoms with E-state index in [1.165, 1.54) is 0 Å². The number of aliphatic hydroxyl groups is 2. The van der Waals surface area contributed by atoms with Gasteiger partial charge < -0.3 is 20.3 Å². The molecule has 2 fully saturated rings. The van der Waals surface area contributed by atoms with Crippen LogP contribution in [0.15, 0.2) is 30.3 Å². The highest BCUT2D eigenvalue weighted by atomic mass is 16.5. The number of carbonyl (C=O) groups excluding carboxylic acids is 1. The van der Waals surface area contributed by atoms with Crippen molar-refractivity contribution in [2.24, 2.45) is 0 Å². The van der Waals surface area contributed by atoms with Crippen LogP contribution in [0.5, 0.6) is 0 Å². The molecule has 3 N–H and O–H groups in total. The van der Waals surface area contributed by atoms with E-state index < -0.39 is 12.2 Å².